The van der Waals surface area contributed by atoms with Crippen LogP contribution in [-0.4, -0.2) is 210 Å². The highest BCUT2D eigenvalue weighted by molar-refractivity contribution is 7.91. The van der Waals surface area contributed by atoms with Crippen LogP contribution in [0, 0.1) is 23.7 Å². The number of sulfonamides is 2. The third-order valence-corrected chi connectivity index (χ3v) is 28.0. The number of carbonyl (C=O) groups is 9. The minimum Gasteiger partial charge on any atom is -0.496 e. The Kier molecular flexibility index (Phi) is 26.5. The number of aryl methyl sites for hydroxylation is 2. The summed E-state index contributed by atoms with van der Waals surface area (Å²) in [4.78, 5) is 144. The Balaban J connectivity index is 0.000000207. The van der Waals surface area contributed by atoms with Gasteiger partial charge in [-0.3, -0.25) is 43.5 Å². The number of thiazole rings is 2. The van der Waals surface area contributed by atoms with Crippen LogP contribution in [-0.2, 0) is 71.1 Å². The molecule has 2 aromatic carbocycles. The van der Waals surface area contributed by atoms with E-state index in [1.165, 1.54) is 33.3 Å². The van der Waals surface area contributed by atoms with E-state index in [1.807, 2.05) is 43.5 Å². The lowest BCUT2D eigenvalue weighted by molar-refractivity contribution is -0.142. The van der Waals surface area contributed by atoms with Crippen LogP contribution >= 0.6 is 22.7 Å². The highest BCUT2D eigenvalue weighted by Gasteiger charge is 2.64. The molecule has 6 aromatic rings. The number of carboxylic acid groups (broad SMARTS) is 1. The van der Waals surface area contributed by atoms with Crippen molar-refractivity contribution in [3.63, 3.8) is 0 Å². The Morgan fingerprint density at radius 1 is 0.575 bits per heavy atom. The fourth-order valence-electron chi connectivity index (χ4n) is 15.7. The predicted molar refractivity (Wildman–Crippen MR) is 447 cm³/mol. The van der Waals surface area contributed by atoms with Gasteiger partial charge in [0.2, 0.25) is 43.7 Å². The summed E-state index contributed by atoms with van der Waals surface area (Å²) in [5.74, 6) is -4.01. The number of pyridine rings is 2. The normalized spacial score (nSPS) is 25.0. The lowest BCUT2D eigenvalue weighted by Gasteiger charge is -2.31. The van der Waals surface area contributed by atoms with Gasteiger partial charge in [-0.25, -0.2) is 51.2 Å². The van der Waals surface area contributed by atoms with Crippen molar-refractivity contribution in [1.82, 2.24) is 60.4 Å². The average Bonchev–Trinajstić information content (AvgIpc) is 1.57. The molecule has 8 aliphatic rings. The molecule has 9 amide bonds. The van der Waals surface area contributed by atoms with E-state index in [1.54, 1.807) is 59.4 Å². The second-order valence-corrected chi connectivity index (χ2v) is 38.5. The molecule has 0 unspecified atom stereocenters. The van der Waals surface area contributed by atoms with Gasteiger partial charge in [-0.1, -0.05) is 65.5 Å². The zero-order valence-corrected chi connectivity index (χ0v) is 71.5. The number of ether oxygens (including phenoxy) is 6. The molecule has 4 aromatic heterocycles. The van der Waals surface area contributed by atoms with Crippen LogP contribution in [0.4, 0.5) is 24.6 Å². The Hall–Kier alpha value is -10.5. The average molecular weight is 1730 g/mol. The second kappa shape index (κ2) is 36.5. The first-order chi connectivity index (χ1) is 57.2. The Labute approximate surface area is 703 Å². The highest BCUT2D eigenvalue weighted by Crippen LogP contribution is 2.48. The van der Waals surface area contributed by atoms with Crippen LogP contribution in [0.2, 0.25) is 0 Å². The highest BCUT2D eigenvalue weighted by atomic mass is 32.2. The summed E-state index contributed by atoms with van der Waals surface area (Å²) in [6, 6.07) is 6.79. The van der Waals surface area contributed by atoms with Crippen molar-refractivity contribution in [2.75, 3.05) is 51.2 Å². The lowest BCUT2D eigenvalue weighted by atomic mass is 10.0. The third kappa shape index (κ3) is 19.9. The number of hydrogen-bond donors (Lipinski definition) is 9. The number of hydrogen-bond acceptors (Lipinski definition) is 26. The van der Waals surface area contributed by atoms with E-state index in [9.17, 15) is 65.1 Å². The van der Waals surface area contributed by atoms with Gasteiger partial charge in [-0.05, 0) is 126 Å². The molecule has 0 radical (unpaired) electrons. The third-order valence-electron chi connectivity index (χ3n) is 22.8. The number of benzene rings is 2. The summed E-state index contributed by atoms with van der Waals surface area (Å²) < 4.78 is 91.7. The molecule has 9 N–H and O–H groups in total. The van der Waals surface area contributed by atoms with Gasteiger partial charge in [0, 0.05) is 76.5 Å². The molecular formula is C82H104N14O20S4. The topological polar surface area (TPSA) is 452 Å². The van der Waals surface area contributed by atoms with Crippen molar-refractivity contribution in [1.29, 1.82) is 0 Å². The molecule has 8 heterocycles. The number of alkyl carbamates (subject to hydrolysis) is 2. The Morgan fingerprint density at radius 2 is 0.983 bits per heavy atom. The van der Waals surface area contributed by atoms with Crippen molar-refractivity contribution in [3.05, 3.63) is 83.6 Å². The van der Waals surface area contributed by atoms with Gasteiger partial charge in [-0.2, -0.15) is 0 Å². The number of cyclic esters (lactones) is 2. The molecule has 8 bridgehead atoms. The molecule has 2 saturated heterocycles. The zero-order chi connectivity index (χ0) is 85.9. The summed E-state index contributed by atoms with van der Waals surface area (Å²) in [5.41, 5.74) is 1.71. The Bertz CT molecular complexity index is 5210. The number of amides is 9. The molecule has 4 aliphatic heterocycles. The van der Waals surface area contributed by atoms with Crippen molar-refractivity contribution >= 4 is 129 Å². The number of fused-ring (bicyclic) bond motifs is 6. The van der Waals surface area contributed by atoms with E-state index in [0.717, 1.165) is 66.1 Å². The lowest BCUT2D eigenvalue weighted by Crippen LogP contribution is -2.59. The molecule has 38 heteroatoms. The molecule has 4 aliphatic carbocycles. The maximum Gasteiger partial charge on any atom is 0.410 e. The summed E-state index contributed by atoms with van der Waals surface area (Å²) in [6.45, 7) is 18.9. The molecule has 34 nitrogen and oxygen atoms in total. The van der Waals surface area contributed by atoms with Gasteiger partial charge in [0.25, 0.3) is 11.8 Å². The zero-order valence-electron chi connectivity index (χ0n) is 68.3. The van der Waals surface area contributed by atoms with E-state index in [4.69, 9.17) is 43.4 Å². The van der Waals surface area contributed by atoms with Gasteiger partial charge in [-0.15, -0.1) is 35.8 Å². The number of aromatic nitrogens is 4. The van der Waals surface area contributed by atoms with Gasteiger partial charge >= 0.3 is 18.3 Å². The predicted octanol–water partition coefficient (Wildman–Crippen LogP) is 9.41. The molecule has 4 saturated carbocycles. The summed E-state index contributed by atoms with van der Waals surface area (Å²) in [5, 5.41) is 30.3. The van der Waals surface area contributed by atoms with Crippen molar-refractivity contribution in [2.24, 2.45) is 23.7 Å². The molecule has 10 atom stereocenters. The monoisotopic (exact) mass is 1730 g/mol. The van der Waals surface area contributed by atoms with Crippen LogP contribution in [0.5, 0.6) is 23.0 Å². The quantitative estimate of drug-likeness (QED) is 0.0303. The molecule has 6 fully saturated rings. The summed E-state index contributed by atoms with van der Waals surface area (Å²) in [6.07, 6.45) is 8.27. The van der Waals surface area contributed by atoms with Gasteiger partial charge in [0.1, 0.15) is 81.8 Å². The first-order valence-corrected chi connectivity index (χ1v) is 45.6. The number of nitrogens with one attached hydrogen (secondary N) is 8. The summed E-state index contributed by atoms with van der Waals surface area (Å²) >= 11 is 2.53. The maximum absolute atomic E-state index is 14.6. The van der Waals surface area contributed by atoms with E-state index in [0.29, 0.717) is 119 Å². The van der Waals surface area contributed by atoms with Gasteiger partial charge in [0.15, 0.2) is 10.3 Å². The van der Waals surface area contributed by atoms with Crippen molar-refractivity contribution < 1.29 is 93.5 Å². The van der Waals surface area contributed by atoms with Crippen molar-refractivity contribution in [3.8, 4) is 45.8 Å². The van der Waals surface area contributed by atoms with E-state index in [-0.39, 0.29) is 63.2 Å². The van der Waals surface area contributed by atoms with Crippen LogP contribution < -0.4 is 60.3 Å². The van der Waals surface area contributed by atoms with Gasteiger partial charge < -0.3 is 69.9 Å². The fourth-order valence-corrected chi connectivity index (χ4v) is 20.0. The first kappa shape index (κ1) is 87.4. The van der Waals surface area contributed by atoms with E-state index in [2.05, 4.69) is 59.5 Å². The smallest absolute Gasteiger partial charge is 0.410 e. The minimum absolute atomic E-state index is 0.0188. The summed E-state index contributed by atoms with van der Waals surface area (Å²) in [7, 11) is -4.67. The number of anilines is 2. The van der Waals surface area contributed by atoms with E-state index >= 15 is 0 Å². The molecule has 646 valence electrons. The van der Waals surface area contributed by atoms with Gasteiger partial charge in [0.05, 0.1) is 73.4 Å². The maximum atomic E-state index is 14.6. The van der Waals surface area contributed by atoms with Crippen LogP contribution in [0.3, 0.4) is 0 Å². The number of carbonyl (C=O) groups excluding carboxylic acids is 8. The molecule has 120 heavy (non-hydrogen) atoms. The standard InChI is InChI=1S/C42H55N7O9S2.C40H49N7O11S2/c1-7-26-20-42(26,39(52)48-60(54,55)28-13-14-28)47-37(50)33-17-27-21-49(33)38(51)36(23(2)3)46-41(53)57-15-11-9-8-10-12-25-16-29-30(18-34(25)56-6)44-31(19-35(29)58-27)32-22-59-40(45-32)43-24(4)5;1-5-23-18-40(23,36(50)46-60(54,55)25-11-12-25)45-34(48)30-15-24-19-47(30)35(49)33(21(2)3)43-39(53)57-13-9-7-6-8-10-22-14-26-27(16-31(22)56-4)41-28(17-32(26)58-24)29-20-59-37(42-29)44-38(51)52/h7,16,18-19,22-24,26-28,33,36H,1,8-15,17,20-21H2,2-6H3,(H,43,45)(H,46,53)(H,47,50)(H,48,52);5,14,16-17,20-21,23-25,30,33H,1,6-13,15,18-19H2,2-4H3,(H,42,44)(H,43,53)(H,45,48)(H,46,50)(H,51,52)/t26-,27-,33+,36+,42-;23-,24-,30+,33+,40-/m11/s1. The SMILES string of the molecule is C=C[C@@H]1C[C@]1(NC(=O)[C@@H]1C[C@@H]2CN1C(=O)[C@H](C(C)C)NC(=O)OCCCCCCc1cc3c(cc(-c4csc(NC(=O)O)n4)nc3cc1OC)O2)C(=O)NS(=O)(=O)C1CC1.C=C[C@@H]1C[C@]1(NC(=O)[C@@H]1C[C@@H]2CN1C(=O)[C@H](C(C)C)NC(=O)OCCCCCCc1cc3c(cc(-c4csc(NC(C)C)n4)nc3cc1OC)O2)C(=O)NS(=O)(=O)C1CC1. The molecular weight excluding hydrogens is 1630 g/mol. The fraction of sp³-hybridized carbons (Fsp3) is 0.549. The van der Waals surface area contributed by atoms with E-state index < -0.39 is 155 Å². The Morgan fingerprint density at radius 3 is 1.36 bits per heavy atom. The second-order valence-electron chi connectivity index (χ2n) is 32.8. The van der Waals surface area contributed by atoms with Crippen molar-refractivity contribution in [2.45, 2.75) is 221 Å². The number of nitrogens with zero attached hydrogens (tertiary/aromatic N) is 6. The first-order valence-electron chi connectivity index (χ1n) is 40.8. The minimum atomic E-state index is -3.94. The molecule has 14 rings (SSSR count). The number of methoxy groups -OCH3 is 2. The van der Waals surface area contributed by atoms with Crippen LogP contribution in [0.15, 0.2) is 72.5 Å². The number of rotatable bonds is 21. The van der Waals surface area contributed by atoms with Crippen LogP contribution in [0.1, 0.15) is 155 Å². The largest absolute Gasteiger partial charge is 0.496 e. The molecule has 0 spiro atoms. The van der Waals surface area contributed by atoms with Crippen LogP contribution in [0.25, 0.3) is 44.6 Å².